The summed E-state index contributed by atoms with van der Waals surface area (Å²) >= 11 is 0. The fourth-order valence-electron chi connectivity index (χ4n) is 2.36. The van der Waals surface area contributed by atoms with E-state index in [4.69, 9.17) is 14.5 Å². The fourth-order valence-corrected chi connectivity index (χ4v) is 2.67. The Morgan fingerprint density at radius 1 is 0.682 bits per heavy atom. The third-order valence-corrected chi connectivity index (χ3v) is 4.15. The maximum Gasteiger partial charge on any atom is 0.469 e. The highest BCUT2D eigenvalue weighted by atomic mass is 31.2. The molecule has 134 valence electrons. The van der Waals surface area contributed by atoms with Gasteiger partial charge in [-0.2, -0.15) is 0 Å². The number of unbranched alkanes of at least 4 members (excludes halogenated alkanes) is 11. The van der Waals surface area contributed by atoms with Crippen LogP contribution in [0.25, 0.3) is 0 Å². The van der Waals surface area contributed by atoms with Crippen LogP contribution in [0.4, 0.5) is 0 Å². The Balaban J connectivity index is 3.01. The molecule has 22 heavy (non-hydrogen) atoms. The molecule has 0 aliphatic heterocycles. The zero-order valence-corrected chi connectivity index (χ0v) is 15.1. The van der Waals surface area contributed by atoms with Crippen LogP contribution >= 0.6 is 7.82 Å². The van der Waals surface area contributed by atoms with E-state index in [-0.39, 0.29) is 13.2 Å². The molecule has 0 aliphatic carbocycles. The van der Waals surface area contributed by atoms with Crippen molar-refractivity contribution in [1.29, 1.82) is 0 Å². The summed E-state index contributed by atoms with van der Waals surface area (Å²) in [4.78, 5) is 16.9. The van der Waals surface area contributed by atoms with Gasteiger partial charge in [0.1, 0.15) is 0 Å². The van der Waals surface area contributed by atoms with Gasteiger partial charge in [-0.15, -0.1) is 0 Å². The Labute approximate surface area is 136 Å². The molecular formula is C16H35O5P. The summed E-state index contributed by atoms with van der Waals surface area (Å²) in [5.41, 5.74) is 0. The Kier molecular flexibility index (Phi) is 16.0. The Morgan fingerprint density at radius 2 is 1.14 bits per heavy atom. The predicted molar refractivity (Wildman–Crippen MR) is 89.9 cm³/mol. The van der Waals surface area contributed by atoms with Gasteiger partial charge < -0.3 is 14.5 Å². The van der Waals surface area contributed by atoms with Gasteiger partial charge in [0.05, 0.1) is 13.2 Å². The summed E-state index contributed by atoms with van der Waals surface area (Å²) in [5.74, 6) is 0. The summed E-state index contributed by atoms with van der Waals surface area (Å²) in [6, 6.07) is 0. The third kappa shape index (κ3) is 20.1. The molecule has 0 saturated heterocycles. The molecule has 0 unspecified atom stereocenters. The Morgan fingerprint density at radius 3 is 1.59 bits per heavy atom. The number of ether oxygens (including phenoxy) is 1. The first kappa shape index (κ1) is 22.1. The molecule has 2 N–H and O–H groups in total. The van der Waals surface area contributed by atoms with Gasteiger partial charge >= 0.3 is 7.82 Å². The molecule has 0 saturated carbocycles. The molecule has 0 rings (SSSR count). The minimum absolute atomic E-state index is 0.0530. The SMILES string of the molecule is CCCCCCCCCCCCCCOCCOP(=O)(O)O. The van der Waals surface area contributed by atoms with Crippen LogP contribution < -0.4 is 0 Å². The van der Waals surface area contributed by atoms with Crippen molar-refractivity contribution in [2.24, 2.45) is 0 Å². The van der Waals surface area contributed by atoms with E-state index in [1.54, 1.807) is 0 Å². The average Bonchev–Trinajstić information content (AvgIpc) is 2.45. The summed E-state index contributed by atoms with van der Waals surface area (Å²) in [6.07, 6.45) is 15.7. The quantitative estimate of drug-likeness (QED) is 0.294. The average molecular weight is 338 g/mol. The lowest BCUT2D eigenvalue weighted by Crippen LogP contribution is -2.04. The van der Waals surface area contributed by atoms with E-state index in [1.807, 2.05) is 0 Å². The lowest BCUT2D eigenvalue weighted by Gasteiger charge is -2.06. The molecule has 0 aromatic heterocycles. The minimum atomic E-state index is -4.33. The maximum absolute atomic E-state index is 10.4. The van der Waals surface area contributed by atoms with Gasteiger partial charge in [0.2, 0.25) is 0 Å². The second-order valence-corrected chi connectivity index (χ2v) is 7.06. The lowest BCUT2D eigenvalue weighted by atomic mass is 10.1. The molecule has 0 spiro atoms. The molecule has 0 fully saturated rings. The van der Waals surface area contributed by atoms with Gasteiger partial charge in [-0.1, -0.05) is 77.6 Å². The third-order valence-electron chi connectivity index (χ3n) is 3.63. The summed E-state index contributed by atoms with van der Waals surface area (Å²) in [7, 11) is -4.33. The van der Waals surface area contributed by atoms with E-state index in [9.17, 15) is 4.57 Å². The monoisotopic (exact) mass is 338 g/mol. The molecule has 0 aromatic rings. The number of rotatable bonds is 17. The first-order chi connectivity index (χ1) is 10.6. The van der Waals surface area contributed by atoms with Crippen LogP contribution in [0, 0.1) is 0 Å². The molecule has 0 radical (unpaired) electrons. The highest BCUT2D eigenvalue weighted by Gasteiger charge is 2.12. The van der Waals surface area contributed by atoms with Crippen LogP contribution in [-0.4, -0.2) is 29.6 Å². The van der Waals surface area contributed by atoms with Gasteiger partial charge in [0.25, 0.3) is 0 Å². The van der Waals surface area contributed by atoms with Crippen LogP contribution in [-0.2, 0) is 13.8 Å². The molecule has 0 bridgehead atoms. The number of phosphoric acid groups is 1. The van der Waals surface area contributed by atoms with Crippen LogP contribution in [0.5, 0.6) is 0 Å². The smallest absolute Gasteiger partial charge is 0.379 e. The Hall–Kier alpha value is 0.0700. The van der Waals surface area contributed by atoms with E-state index >= 15 is 0 Å². The van der Waals surface area contributed by atoms with Crippen molar-refractivity contribution >= 4 is 7.82 Å². The lowest BCUT2D eigenvalue weighted by molar-refractivity contribution is 0.0831. The van der Waals surface area contributed by atoms with Gasteiger partial charge in [-0.3, -0.25) is 4.52 Å². The van der Waals surface area contributed by atoms with Crippen molar-refractivity contribution in [1.82, 2.24) is 0 Å². The van der Waals surface area contributed by atoms with E-state index in [0.29, 0.717) is 6.61 Å². The number of hydrogen-bond donors (Lipinski definition) is 2. The number of hydrogen-bond acceptors (Lipinski definition) is 3. The van der Waals surface area contributed by atoms with E-state index < -0.39 is 7.82 Å². The first-order valence-corrected chi connectivity index (χ1v) is 10.4. The summed E-state index contributed by atoms with van der Waals surface area (Å²) < 4.78 is 19.9. The van der Waals surface area contributed by atoms with Crippen molar-refractivity contribution < 1.29 is 23.6 Å². The predicted octanol–water partition coefficient (Wildman–Crippen LogP) is 4.81. The van der Waals surface area contributed by atoms with Crippen LogP contribution in [0.1, 0.15) is 84.0 Å². The zero-order valence-electron chi connectivity index (χ0n) is 14.2. The molecule has 5 nitrogen and oxygen atoms in total. The second kappa shape index (κ2) is 15.9. The molecular weight excluding hydrogens is 303 g/mol. The van der Waals surface area contributed by atoms with Crippen molar-refractivity contribution in [2.45, 2.75) is 84.0 Å². The fraction of sp³-hybridized carbons (Fsp3) is 1.00. The summed E-state index contributed by atoms with van der Waals surface area (Å²) in [6.45, 7) is 3.08. The van der Waals surface area contributed by atoms with Gasteiger partial charge in [-0.25, -0.2) is 4.57 Å². The maximum atomic E-state index is 10.4. The minimum Gasteiger partial charge on any atom is -0.379 e. The topological polar surface area (TPSA) is 76.0 Å². The van der Waals surface area contributed by atoms with Gasteiger partial charge in [0, 0.05) is 6.61 Å². The van der Waals surface area contributed by atoms with Crippen LogP contribution in [0.2, 0.25) is 0 Å². The number of phosphoric ester groups is 1. The molecule has 6 heteroatoms. The molecule has 0 aromatic carbocycles. The zero-order chi connectivity index (χ0) is 16.5. The Bertz CT molecular complexity index is 267. The van der Waals surface area contributed by atoms with Crippen molar-refractivity contribution in [2.75, 3.05) is 19.8 Å². The molecule has 0 aliphatic rings. The van der Waals surface area contributed by atoms with E-state index in [2.05, 4.69) is 11.4 Å². The molecule has 0 atom stereocenters. The second-order valence-electron chi connectivity index (χ2n) is 5.83. The van der Waals surface area contributed by atoms with Crippen molar-refractivity contribution in [3.8, 4) is 0 Å². The van der Waals surface area contributed by atoms with Crippen LogP contribution in [0.3, 0.4) is 0 Å². The highest BCUT2D eigenvalue weighted by molar-refractivity contribution is 7.46. The molecule has 0 amide bonds. The molecule has 0 heterocycles. The van der Waals surface area contributed by atoms with Crippen molar-refractivity contribution in [3.05, 3.63) is 0 Å². The van der Waals surface area contributed by atoms with Crippen molar-refractivity contribution in [3.63, 3.8) is 0 Å². The first-order valence-electron chi connectivity index (χ1n) is 8.84. The van der Waals surface area contributed by atoms with E-state index in [1.165, 1.54) is 64.2 Å². The largest absolute Gasteiger partial charge is 0.469 e. The standard InChI is InChI=1S/C16H35O5P/c1-2-3-4-5-6-7-8-9-10-11-12-13-14-20-15-16-21-22(17,18)19/h2-16H2,1H3,(H2,17,18,19). The van der Waals surface area contributed by atoms with Gasteiger partial charge in [-0.05, 0) is 6.42 Å². The summed E-state index contributed by atoms with van der Waals surface area (Å²) in [5, 5.41) is 0. The van der Waals surface area contributed by atoms with Gasteiger partial charge in [0.15, 0.2) is 0 Å². The van der Waals surface area contributed by atoms with Crippen LogP contribution in [0.15, 0.2) is 0 Å². The van der Waals surface area contributed by atoms with E-state index in [0.717, 1.165) is 12.8 Å². The highest BCUT2D eigenvalue weighted by Crippen LogP contribution is 2.35. The normalized spacial score (nSPS) is 12.0.